The van der Waals surface area contributed by atoms with Gasteiger partial charge < -0.3 is 20.1 Å². The second-order valence-electron chi connectivity index (χ2n) is 5.57. The minimum atomic E-state index is -0.912. The molecule has 0 bridgehead atoms. The Hall–Kier alpha value is -2.68. The Morgan fingerprint density at radius 1 is 1.25 bits per heavy atom. The van der Waals surface area contributed by atoms with Crippen LogP contribution in [0.2, 0.25) is 0 Å². The van der Waals surface area contributed by atoms with Crippen LogP contribution in [0.25, 0.3) is 0 Å². The van der Waals surface area contributed by atoms with Gasteiger partial charge in [0.2, 0.25) is 12.5 Å². The van der Waals surface area contributed by atoms with Crippen molar-refractivity contribution in [2.45, 2.75) is 19.4 Å². The van der Waals surface area contributed by atoms with Gasteiger partial charge in [-0.2, -0.15) is 4.98 Å². The molecule has 2 aromatic heterocycles. The highest BCUT2D eigenvalue weighted by molar-refractivity contribution is 7.12. The van der Waals surface area contributed by atoms with Crippen molar-refractivity contribution in [3.8, 4) is 11.6 Å². The van der Waals surface area contributed by atoms with Gasteiger partial charge in [0.05, 0.1) is 10.4 Å². The van der Waals surface area contributed by atoms with E-state index in [9.17, 15) is 9.59 Å². The third-order valence-corrected chi connectivity index (χ3v) is 4.27. The number of fused-ring (bicyclic) bond motifs is 1. The van der Waals surface area contributed by atoms with Gasteiger partial charge in [0.15, 0.2) is 11.5 Å². The molecule has 9 heteroatoms. The molecule has 0 atom stereocenters. The van der Waals surface area contributed by atoms with Crippen LogP contribution >= 0.6 is 11.3 Å². The van der Waals surface area contributed by atoms with Crippen LogP contribution in [0.4, 0.5) is 0 Å². The lowest BCUT2D eigenvalue weighted by atomic mass is 10.0. The van der Waals surface area contributed by atoms with Crippen LogP contribution in [0, 0.1) is 0 Å². The number of ether oxygens (including phenoxy) is 2. The van der Waals surface area contributed by atoms with Crippen molar-refractivity contribution in [2.24, 2.45) is 0 Å². The molecule has 2 aromatic rings. The van der Waals surface area contributed by atoms with E-state index >= 15 is 0 Å². The SMILES string of the molecule is CNC(=O)c1nc(C(C)(C)NC(=O)c2cccs2)nc2c1OCO2. The Morgan fingerprint density at radius 2 is 2.04 bits per heavy atom. The Bertz CT molecular complexity index is 789. The van der Waals surface area contributed by atoms with E-state index in [1.807, 2.05) is 5.38 Å². The molecule has 0 saturated carbocycles. The fourth-order valence-electron chi connectivity index (χ4n) is 2.16. The number of nitrogens with zero attached hydrogens (tertiary/aromatic N) is 2. The maximum absolute atomic E-state index is 12.3. The standard InChI is InChI=1S/C15H16N4O4S/c1-15(2,19-11(20)8-5-4-6-24-8)14-17-9(12(21)16-3)10-13(18-14)23-7-22-10/h4-6H,7H2,1-3H3,(H,16,21)(H,19,20). The molecule has 3 heterocycles. The molecule has 0 aromatic carbocycles. The molecule has 0 fully saturated rings. The number of thiophene rings is 1. The molecule has 0 aliphatic carbocycles. The summed E-state index contributed by atoms with van der Waals surface area (Å²) in [5, 5.41) is 7.19. The number of nitrogens with one attached hydrogen (secondary N) is 2. The second-order valence-corrected chi connectivity index (χ2v) is 6.52. The van der Waals surface area contributed by atoms with E-state index < -0.39 is 11.4 Å². The van der Waals surface area contributed by atoms with Crippen LogP contribution in [0.3, 0.4) is 0 Å². The zero-order chi connectivity index (χ0) is 17.3. The van der Waals surface area contributed by atoms with Gasteiger partial charge in [-0.05, 0) is 25.3 Å². The molecule has 2 amide bonds. The molecule has 1 aliphatic heterocycles. The molecule has 3 rings (SSSR count). The summed E-state index contributed by atoms with van der Waals surface area (Å²) in [6.45, 7) is 3.48. The first-order chi connectivity index (χ1) is 11.4. The molecule has 24 heavy (non-hydrogen) atoms. The van der Waals surface area contributed by atoms with Crippen LogP contribution in [-0.4, -0.2) is 35.6 Å². The second kappa shape index (κ2) is 6.08. The largest absolute Gasteiger partial charge is 0.449 e. The van der Waals surface area contributed by atoms with Crippen LogP contribution in [0.1, 0.15) is 39.8 Å². The Morgan fingerprint density at radius 3 is 2.71 bits per heavy atom. The lowest BCUT2D eigenvalue weighted by Gasteiger charge is -2.24. The van der Waals surface area contributed by atoms with Crippen molar-refractivity contribution >= 4 is 23.2 Å². The van der Waals surface area contributed by atoms with Crippen molar-refractivity contribution in [2.75, 3.05) is 13.8 Å². The quantitative estimate of drug-likeness (QED) is 0.863. The number of amides is 2. The van der Waals surface area contributed by atoms with Crippen molar-refractivity contribution in [3.05, 3.63) is 33.9 Å². The molecule has 8 nitrogen and oxygen atoms in total. The van der Waals surface area contributed by atoms with Gasteiger partial charge in [0.25, 0.3) is 17.7 Å². The van der Waals surface area contributed by atoms with E-state index in [2.05, 4.69) is 20.6 Å². The monoisotopic (exact) mass is 348 g/mol. The maximum atomic E-state index is 12.3. The summed E-state index contributed by atoms with van der Waals surface area (Å²) in [4.78, 5) is 33.5. The van der Waals surface area contributed by atoms with E-state index in [1.165, 1.54) is 18.4 Å². The summed E-state index contributed by atoms with van der Waals surface area (Å²) >= 11 is 1.34. The molecule has 2 N–H and O–H groups in total. The minimum Gasteiger partial charge on any atom is -0.449 e. The van der Waals surface area contributed by atoms with Gasteiger partial charge in [0, 0.05) is 7.05 Å². The van der Waals surface area contributed by atoms with Gasteiger partial charge in [-0.3, -0.25) is 9.59 Å². The third-order valence-electron chi connectivity index (χ3n) is 3.41. The van der Waals surface area contributed by atoms with E-state index in [4.69, 9.17) is 9.47 Å². The summed E-state index contributed by atoms with van der Waals surface area (Å²) in [5.41, 5.74) is -0.835. The number of hydrogen-bond acceptors (Lipinski definition) is 7. The first-order valence-corrected chi connectivity index (χ1v) is 8.06. The van der Waals surface area contributed by atoms with E-state index in [0.29, 0.717) is 4.88 Å². The highest BCUT2D eigenvalue weighted by Crippen LogP contribution is 2.34. The minimum absolute atomic E-state index is 0.0283. The zero-order valence-electron chi connectivity index (χ0n) is 13.4. The van der Waals surface area contributed by atoms with Crippen molar-refractivity contribution in [3.63, 3.8) is 0 Å². The van der Waals surface area contributed by atoms with Crippen molar-refractivity contribution in [1.29, 1.82) is 0 Å². The average Bonchev–Trinajstić information content (AvgIpc) is 3.23. The van der Waals surface area contributed by atoms with Crippen molar-refractivity contribution < 1.29 is 19.1 Å². The van der Waals surface area contributed by atoms with Gasteiger partial charge in [0.1, 0.15) is 0 Å². The Kier molecular flexibility index (Phi) is 4.10. The molecule has 0 spiro atoms. The molecule has 126 valence electrons. The normalized spacial score (nSPS) is 12.8. The number of carbonyl (C=O) groups excluding carboxylic acids is 2. The van der Waals surface area contributed by atoms with Crippen LogP contribution in [-0.2, 0) is 5.54 Å². The molecular weight excluding hydrogens is 332 g/mol. The number of aromatic nitrogens is 2. The zero-order valence-corrected chi connectivity index (χ0v) is 14.2. The predicted octanol–water partition coefficient (Wildman–Crippen LogP) is 1.29. The van der Waals surface area contributed by atoms with Gasteiger partial charge in [-0.25, -0.2) is 4.98 Å². The van der Waals surface area contributed by atoms with Crippen molar-refractivity contribution in [1.82, 2.24) is 20.6 Å². The first kappa shape index (κ1) is 16.2. The van der Waals surface area contributed by atoms with Gasteiger partial charge in [-0.1, -0.05) is 6.07 Å². The lowest BCUT2D eigenvalue weighted by Crippen LogP contribution is -2.42. The van der Waals surface area contributed by atoms with E-state index in [-0.39, 0.29) is 35.8 Å². The summed E-state index contributed by atoms with van der Waals surface area (Å²) in [6, 6.07) is 3.53. The van der Waals surface area contributed by atoms with E-state index in [1.54, 1.807) is 26.0 Å². The van der Waals surface area contributed by atoms with Gasteiger partial charge >= 0.3 is 0 Å². The maximum Gasteiger partial charge on any atom is 0.273 e. The van der Waals surface area contributed by atoms with E-state index in [0.717, 1.165) is 0 Å². The smallest absolute Gasteiger partial charge is 0.273 e. The predicted molar refractivity (Wildman–Crippen MR) is 86.4 cm³/mol. The summed E-state index contributed by atoms with van der Waals surface area (Å²) in [6.07, 6.45) is 0. The van der Waals surface area contributed by atoms with Gasteiger partial charge in [-0.15, -0.1) is 11.3 Å². The fourth-order valence-corrected chi connectivity index (χ4v) is 2.78. The number of rotatable bonds is 4. The fraction of sp³-hybridized carbons (Fsp3) is 0.333. The number of carbonyl (C=O) groups is 2. The lowest BCUT2D eigenvalue weighted by molar-refractivity contribution is 0.0912. The van der Waals surface area contributed by atoms with Crippen LogP contribution in [0.5, 0.6) is 11.6 Å². The average molecular weight is 348 g/mol. The molecule has 0 saturated heterocycles. The molecule has 0 unspecified atom stereocenters. The summed E-state index contributed by atoms with van der Waals surface area (Å²) < 4.78 is 10.5. The molecular formula is C15H16N4O4S. The highest BCUT2D eigenvalue weighted by Gasteiger charge is 2.33. The summed E-state index contributed by atoms with van der Waals surface area (Å²) in [5.74, 6) is 0.00401. The first-order valence-electron chi connectivity index (χ1n) is 7.18. The topological polar surface area (TPSA) is 102 Å². The molecule has 1 aliphatic rings. The summed E-state index contributed by atoms with van der Waals surface area (Å²) in [7, 11) is 1.50. The molecule has 0 radical (unpaired) electrons. The number of hydrogen-bond donors (Lipinski definition) is 2. The third kappa shape index (κ3) is 2.90. The van der Waals surface area contributed by atoms with Crippen LogP contribution in [0.15, 0.2) is 17.5 Å². The Balaban J connectivity index is 1.95. The highest BCUT2D eigenvalue weighted by atomic mass is 32.1. The van der Waals surface area contributed by atoms with Crippen LogP contribution < -0.4 is 20.1 Å². The Labute approximate surface area is 142 Å².